The lowest BCUT2D eigenvalue weighted by Crippen LogP contribution is -2.31. The SMILES string of the molecule is Cc1ccc(C(=O)C(C)(C)O)cc1C. The van der Waals surface area contributed by atoms with Crippen LogP contribution in [0.5, 0.6) is 0 Å². The van der Waals surface area contributed by atoms with Gasteiger partial charge in [0.25, 0.3) is 0 Å². The molecule has 0 aliphatic heterocycles. The molecule has 0 aliphatic rings. The van der Waals surface area contributed by atoms with Gasteiger partial charge in [-0.2, -0.15) is 0 Å². The van der Waals surface area contributed by atoms with Gasteiger partial charge in [0.1, 0.15) is 5.60 Å². The zero-order valence-electron chi connectivity index (χ0n) is 9.09. The van der Waals surface area contributed by atoms with Gasteiger partial charge in [-0.05, 0) is 44.9 Å². The van der Waals surface area contributed by atoms with Crippen LogP contribution in [0.15, 0.2) is 18.2 Å². The van der Waals surface area contributed by atoms with E-state index < -0.39 is 5.60 Å². The first-order valence-corrected chi connectivity index (χ1v) is 4.67. The first-order valence-electron chi connectivity index (χ1n) is 4.67. The van der Waals surface area contributed by atoms with Gasteiger partial charge >= 0.3 is 0 Å². The lowest BCUT2D eigenvalue weighted by atomic mass is 9.94. The highest BCUT2D eigenvalue weighted by molar-refractivity contribution is 6.01. The van der Waals surface area contributed by atoms with Gasteiger partial charge < -0.3 is 5.11 Å². The molecule has 1 aromatic rings. The lowest BCUT2D eigenvalue weighted by Gasteiger charge is -2.16. The molecule has 0 unspecified atom stereocenters. The molecule has 0 atom stereocenters. The molecule has 0 aromatic heterocycles. The molecule has 0 spiro atoms. The molecule has 0 aliphatic carbocycles. The van der Waals surface area contributed by atoms with Crippen LogP contribution in [0.2, 0.25) is 0 Å². The number of aryl methyl sites for hydroxylation is 2. The van der Waals surface area contributed by atoms with E-state index in [0.29, 0.717) is 5.56 Å². The Kier molecular flexibility index (Phi) is 2.76. The number of Topliss-reactive ketones (excluding diaryl/α,β-unsaturated/α-hetero) is 1. The fraction of sp³-hybridized carbons (Fsp3) is 0.417. The first-order chi connectivity index (χ1) is 6.32. The quantitative estimate of drug-likeness (QED) is 0.730. The van der Waals surface area contributed by atoms with E-state index in [1.807, 2.05) is 26.0 Å². The van der Waals surface area contributed by atoms with Crippen molar-refractivity contribution in [3.8, 4) is 0 Å². The van der Waals surface area contributed by atoms with Crippen molar-refractivity contribution in [1.29, 1.82) is 0 Å². The molecule has 2 nitrogen and oxygen atoms in total. The van der Waals surface area contributed by atoms with Gasteiger partial charge in [0.15, 0.2) is 5.78 Å². The second-order valence-electron chi connectivity index (χ2n) is 4.19. The third kappa shape index (κ3) is 2.20. The first kappa shape index (κ1) is 10.9. The molecule has 1 aromatic carbocycles. The number of ketones is 1. The van der Waals surface area contributed by atoms with Gasteiger partial charge in [0, 0.05) is 5.56 Å². The Morgan fingerprint density at radius 3 is 2.21 bits per heavy atom. The molecule has 0 bridgehead atoms. The minimum atomic E-state index is -1.29. The van der Waals surface area contributed by atoms with Crippen molar-refractivity contribution in [2.75, 3.05) is 0 Å². The molecule has 0 fully saturated rings. The Labute approximate surface area is 84.6 Å². The summed E-state index contributed by atoms with van der Waals surface area (Å²) >= 11 is 0. The summed E-state index contributed by atoms with van der Waals surface area (Å²) in [5.41, 5.74) is 1.50. The number of carbonyl (C=O) groups is 1. The third-order valence-electron chi connectivity index (χ3n) is 2.32. The topological polar surface area (TPSA) is 37.3 Å². The summed E-state index contributed by atoms with van der Waals surface area (Å²) in [7, 11) is 0. The molecule has 1 N–H and O–H groups in total. The second-order valence-corrected chi connectivity index (χ2v) is 4.19. The van der Waals surface area contributed by atoms with Crippen LogP contribution >= 0.6 is 0 Å². The molecular weight excluding hydrogens is 176 g/mol. The molecule has 0 saturated heterocycles. The number of hydrogen-bond donors (Lipinski definition) is 1. The molecule has 76 valence electrons. The highest BCUT2D eigenvalue weighted by Crippen LogP contribution is 2.15. The van der Waals surface area contributed by atoms with Crippen molar-refractivity contribution in [3.63, 3.8) is 0 Å². The van der Waals surface area contributed by atoms with E-state index in [2.05, 4.69) is 0 Å². The van der Waals surface area contributed by atoms with E-state index in [0.717, 1.165) is 11.1 Å². The zero-order chi connectivity index (χ0) is 10.9. The zero-order valence-corrected chi connectivity index (χ0v) is 9.09. The predicted octanol–water partition coefficient (Wildman–Crippen LogP) is 2.26. The highest BCUT2D eigenvalue weighted by Gasteiger charge is 2.25. The fourth-order valence-corrected chi connectivity index (χ4v) is 1.24. The second kappa shape index (κ2) is 3.54. The van der Waals surface area contributed by atoms with Gasteiger partial charge in [0.05, 0.1) is 0 Å². The molecule has 0 amide bonds. The Balaban J connectivity index is 3.10. The standard InChI is InChI=1S/C12H16O2/c1-8-5-6-10(7-9(8)2)11(13)12(3,4)14/h5-7,14H,1-4H3. The predicted molar refractivity (Wildman–Crippen MR) is 56.5 cm³/mol. The molecule has 0 radical (unpaired) electrons. The molecule has 0 heterocycles. The molecule has 14 heavy (non-hydrogen) atoms. The summed E-state index contributed by atoms with van der Waals surface area (Å²) in [6.07, 6.45) is 0. The lowest BCUT2D eigenvalue weighted by molar-refractivity contribution is 0.0488. The van der Waals surface area contributed by atoms with E-state index in [-0.39, 0.29) is 5.78 Å². The van der Waals surface area contributed by atoms with Crippen molar-refractivity contribution in [3.05, 3.63) is 34.9 Å². The Hall–Kier alpha value is -1.15. The smallest absolute Gasteiger partial charge is 0.193 e. The molecular formula is C12H16O2. The van der Waals surface area contributed by atoms with Gasteiger partial charge in [0.2, 0.25) is 0 Å². The fourth-order valence-electron chi connectivity index (χ4n) is 1.24. The Morgan fingerprint density at radius 2 is 1.79 bits per heavy atom. The number of hydrogen-bond acceptors (Lipinski definition) is 2. The summed E-state index contributed by atoms with van der Waals surface area (Å²) in [5, 5.41) is 9.55. The van der Waals surface area contributed by atoms with Crippen LogP contribution in [-0.4, -0.2) is 16.5 Å². The summed E-state index contributed by atoms with van der Waals surface area (Å²) in [6.45, 7) is 6.96. The summed E-state index contributed by atoms with van der Waals surface area (Å²) in [4.78, 5) is 11.7. The maximum absolute atomic E-state index is 11.7. The maximum Gasteiger partial charge on any atom is 0.193 e. The van der Waals surface area contributed by atoms with Crippen LogP contribution in [-0.2, 0) is 0 Å². The van der Waals surface area contributed by atoms with Crippen molar-refractivity contribution >= 4 is 5.78 Å². The average molecular weight is 192 g/mol. The highest BCUT2D eigenvalue weighted by atomic mass is 16.3. The third-order valence-corrected chi connectivity index (χ3v) is 2.32. The number of rotatable bonds is 2. The largest absolute Gasteiger partial charge is 0.382 e. The van der Waals surface area contributed by atoms with E-state index in [9.17, 15) is 9.90 Å². The van der Waals surface area contributed by atoms with Crippen molar-refractivity contribution in [1.82, 2.24) is 0 Å². The van der Waals surface area contributed by atoms with Crippen LogP contribution in [0.25, 0.3) is 0 Å². The van der Waals surface area contributed by atoms with E-state index >= 15 is 0 Å². The summed E-state index contributed by atoms with van der Waals surface area (Å²) < 4.78 is 0. The van der Waals surface area contributed by atoms with Crippen LogP contribution in [0.4, 0.5) is 0 Å². The summed E-state index contributed by atoms with van der Waals surface area (Å²) in [6, 6.07) is 5.46. The van der Waals surface area contributed by atoms with Crippen molar-refractivity contribution in [2.45, 2.75) is 33.3 Å². The minimum absolute atomic E-state index is 0.236. The Bertz CT molecular complexity index is 359. The Morgan fingerprint density at radius 1 is 1.21 bits per heavy atom. The van der Waals surface area contributed by atoms with Crippen LogP contribution < -0.4 is 0 Å². The molecule has 0 saturated carbocycles. The van der Waals surface area contributed by atoms with Crippen LogP contribution in [0.3, 0.4) is 0 Å². The van der Waals surface area contributed by atoms with E-state index in [1.165, 1.54) is 13.8 Å². The van der Waals surface area contributed by atoms with Crippen LogP contribution in [0.1, 0.15) is 35.3 Å². The van der Waals surface area contributed by atoms with Gasteiger partial charge in [-0.3, -0.25) is 4.79 Å². The van der Waals surface area contributed by atoms with Gasteiger partial charge in [-0.25, -0.2) is 0 Å². The summed E-state index contributed by atoms with van der Waals surface area (Å²) in [5.74, 6) is -0.236. The average Bonchev–Trinajstić information content (AvgIpc) is 2.07. The van der Waals surface area contributed by atoms with Gasteiger partial charge in [-0.1, -0.05) is 12.1 Å². The van der Waals surface area contributed by atoms with Crippen molar-refractivity contribution in [2.24, 2.45) is 0 Å². The molecule has 1 rings (SSSR count). The van der Waals surface area contributed by atoms with Gasteiger partial charge in [-0.15, -0.1) is 0 Å². The van der Waals surface area contributed by atoms with E-state index in [1.54, 1.807) is 6.07 Å². The number of aliphatic hydroxyl groups is 1. The normalized spacial score (nSPS) is 11.5. The minimum Gasteiger partial charge on any atom is -0.382 e. The molecule has 2 heteroatoms. The van der Waals surface area contributed by atoms with Crippen LogP contribution in [0, 0.1) is 13.8 Å². The van der Waals surface area contributed by atoms with E-state index in [4.69, 9.17) is 0 Å². The monoisotopic (exact) mass is 192 g/mol. The number of carbonyl (C=O) groups excluding carboxylic acids is 1. The maximum atomic E-state index is 11.7. The number of benzene rings is 1. The van der Waals surface area contributed by atoms with Crippen molar-refractivity contribution < 1.29 is 9.90 Å².